The highest BCUT2D eigenvalue weighted by Crippen LogP contribution is 2.11. The van der Waals surface area contributed by atoms with Crippen LogP contribution in [0.1, 0.15) is 32.0 Å². The van der Waals surface area contributed by atoms with Gasteiger partial charge in [0.1, 0.15) is 5.82 Å². The van der Waals surface area contributed by atoms with Crippen molar-refractivity contribution in [2.45, 2.75) is 32.6 Å². The van der Waals surface area contributed by atoms with E-state index in [1.54, 1.807) is 7.11 Å². The molecule has 1 aromatic rings. The molecule has 0 aromatic carbocycles. The molecule has 5 heteroatoms. The minimum atomic E-state index is 0.832. The molecule has 0 aliphatic rings. The molecule has 0 amide bonds. The maximum absolute atomic E-state index is 4.98. The third kappa shape index (κ3) is 5.09. The van der Waals surface area contributed by atoms with E-state index in [0.29, 0.717) is 0 Å². The molecule has 0 radical (unpaired) electrons. The molecule has 0 aliphatic heterocycles. The summed E-state index contributed by atoms with van der Waals surface area (Å²) in [6.07, 6.45) is 4.27. The van der Waals surface area contributed by atoms with E-state index >= 15 is 0 Å². The average molecular weight is 229 g/mol. The molecule has 0 spiro atoms. The first kappa shape index (κ1) is 12.4. The van der Waals surface area contributed by atoms with Crippen LogP contribution in [0.2, 0.25) is 0 Å². The number of nitrogens with zero attached hydrogens (tertiary/aromatic N) is 2. The lowest BCUT2D eigenvalue weighted by atomic mass is 10.3. The van der Waals surface area contributed by atoms with Gasteiger partial charge in [-0.1, -0.05) is 6.92 Å². The van der Waals surface area contributed by atoms with Crippen LogP contribution in [0, 0.1) is 0 Å². The molecule has 0 saturated heterocycles. The molecule has 0 bridgehead atoms. The monoisotopic (exact) mass is 229 g/mol. The SMILES string of the molecule is CCCc1nsc(NCCCCOC)n1. The largest absolute Gasteiger partial charge is 0.385 e. The first-order valence-corrected chi connectivity index (χ1v) is 6.19. The van der Waals surface area contributed by atoms with Gasteiger partial charge in [0.2, 0.25) is 5.13 Å². The molecule has 1 rings (SSSR count). The summed E-state index contributed by atoms with van der Waals surface area (Å²) in [6.45, 7) is 3.92. The number of aromatic nitrogens is 2. The van der Waals surface area contributed by atoms with Gasteiger partial charge in [0.05, 0.1) is 0 Å². The first-order valence-electron chi connectivity index (χ1n) is 5.42. The second-order valence-corrected chi connectivity index (χ2v) is 4.14. The Morgan fingerprint density at radius 3 is 3.00 bits per heavy atom. The van der Waals surface area contributed by atoms with Gasteiger partial charge in [-0.05, 0) is 19.3 Å². The zero-order chi connectivity index (χ0) is 10.9. The Bertz CT molecular complexity index is 265. The third-order valence-corrected chi connectivity index (χ3v) is 2.70. The van der Waals surface area contributed by atoms with Gasteiger partial charge in [0.25, 0.3) is 0 Å². The quantitative estimate of drug-likeness (QED) is 0.695. The molecule has 1 aromatic heterocycles. The highest BCUT2D eigenvalue weighted by Gasteiger charge is 2.01. The molecule has 0 fully saturated rings. The van der Waals surface area contributed by atoms with Crippen molar-refractivity contribution in [3.05, 3.63) is 5.82 Å². The molecule has 86 valence electrons. The van der Waals surface area contributed by atoms with Gasteiger partial charge in [0.15, 0.2) is 0 Å². The number of anilines is 1. The zero-order valence-corrected chi connectivity index (χ0v) is 10.3. The van der Waals surface area contributed by atoms with Gasteiger partial charge >= 0.3 is 0 Å². The maximum atomic E-state index is 4.98. The second kappa shape index (κ2) is 7.59. The fraction of sp³-hybridized carbons (Fsp3) is 0.800. The third-order valence-electron chi connectivity index (χ3n) is 1.99. The number of aryl methyl sites for hydroxylation is 1. The molecule has 0 aliphatic carbocycles. The predicted octanol–water partition coefficient (Wildman–Crippen LogP) is 2.33. The van der Waals surface area contributed by atoms with Crippen LogP contribution in [0.4, 0.5) is 5.13 Å². The van der Waals surface area contributed by atoms with Crippen LogP contribution in [0.3, 0.4) is 0 Å². The summed E-state index contributed by atoms with van der Waals surface area (Å²) in [6, 6.07) is 0. The van der Waals surface area contributed by atoms with E-state index in [9.17, 15) is 0 Å². The molecule has 15 heavy (non-hydrogen) atoms. The fourth-order valence-corrected chi connectivity index (χ4v) is 1.85. The summed E-state index contributed by atoms with van der Waals surface area (Å²) in [5, 5.41) is 4.21. The second-order valence-electron chi connectivity index (χ2n) is 3.39. The number of unbranched alkanes of at least 4 members (excludes halogenated alkanes) is 1. The minimum absolute atomic E-state index is 0.832. The van der Waals surface area contributed by atoms with Crippen molar-refractivity contribution in [3.8, 4) is 0 Å². The Hall–Kier alpha value is -0.680. The Morgan fingerprint density at radius 1 is 1.40 bits per heavy atom. The number of rotatable bonds is 8. The van der Waals surface area contributed by atoms with Crippen molar-refractivity contribution in [2.75, 3.05) is 25.6 Å². The maximum Gasteiger partial charge on any atom is 0.202 e. The highest BCUT2D eigenvalue weighted by molar-refractivity contribution is 7.09. The van der Waals surface area contributed by atoms with E-state index in [2.05, 4.69) is 21.6 Å². The number of ether oxygens (including phenoxy) is 1. The van der Waals surface area contributed by atoms with Crippen molar-refractivity contribution in [3.63, 3.8) is 0 Å². The Balaban J connectivity index is 2.14. The van der Waals surface area contributed by atoms with E-state index in [-0.39, 0.29) is 0 Å². The molecular weight excluding hydrogens is 210 g/mol. The topological polar surface area (TPSA) is 47.0 Å². The molecule has 0 atom stereocenters. The van der Waals surface area contributed by atoms with Gasteiger partial charge in [-0.2, -0.15) is 4.37 Å². The summed E-state index contributed by atoms with van der Waals surface area (Å²) in [5.41, 5.74) is 0. The normalized spacial score (nSPS) is 10.5. The summed E-state index contributed by atoms with van der Waals surface area (Å²) < 4.78 is 9.24. The van der Waals surface area contributed by atoms with E-state index in [4.69, 9.17) is 4.74 Å². The minimum Gasteiger partial charge on any atom is -0.385 e. The number of hydrogen-bond acceptors (Lipinski definition) is 5. The van der Waals surface area contributed by atoms with Gasteiger partial charge < -0.3 is 10.1 Å². The van der Waals surface area contributed by atoms with Crippen LogP contribution in [0.25, 0.3) is 0 Å². The first-order chi connectivity index (χ1) is 7.36. The summed E-state index contributed by atoms with van der Waals surface area (Å²) in [5.74, 6) is 0.960. The van der Waals surface area contributed by atoms with Gasteiger partial charge in [0, 0.05) is 38.2 Å². The molecule has 4 nitrogen and oxygen atoms in total. The van der Waals surface area contributed by atoms with E-state index in [1.165, 1.54) is 11.5 Å². The number of methoxy groups -OCH3 is 1. The van der Waals surface area contributed by atoms with Crippen LogP contribution >= 0.6 is 11.5 Å². The molecule has 0 saturated carbocycles. The van der Waals surface area contributed by atoms with Crippen LogP contribution in [-0.4, -0.2) is 29.6 Å². The predicted molar refractivity (Wildman–Crippen MR) is 63.5 cm³/mol. The summed E-state index contributed by atoms with van der Waals surface area (Å²) in [7, 11) is 1.73. The smallest absolute Gasteiger partial charge is 0.202 e. The molecular formula is C10H19N3OS. The molecule has 0 unspecified atom stereocenters. The lowest BCUT2D eigenvalue weighted by Crippen LogP contribution is -2.02. The van der Waals surface area contributed by atoms with Crippen molar-refractivity contribution < 1.29 is 4.74 Å². The van der Waals surface area contributed by atoms with Gasteiger partial charge in [-0.15, -0.1) is 0 Å². The van der Waals surface area contributed by atoms with Crippen molar-refractivity contribution in [2.24, 2.45) is 0 Å². The standard InChI is InChI=1S/C10H19N3OS/c1-3-6-9-12-10(15-13-9)11-7-4-5-8-14-2/h3-8H2,1-2H3,(H,11,12,13). The Labute approximate surface area is 95.2 Å². The van der Waals surface area contributed by atoms with Crippen LogP contribution in [0.15, 0.2) is 0 Å². The lowest BCUT2D eigenvalue weighted by molar-refractivity contribution is 0.194. The van der Waals surface area contributed by atoms with Crippen LogP contribution in [0.5, 0.6) is 0 Å². The van der Waals surface area contributed by atoms with Crippen molar-refractivity contribution in [1.29, 1.82) is 0 Å². The molecule has 1 N–H and O–H groups in total. The van der Waals surface area contributed by atoms with Crippen LogP contribution < -0.4 is 5.32 Å². The fourth-order valence-electron chi connectivity index (χ4n) is 1.22. The number of nitrogens with one attached hydrogen (secondary N) is 1. The zero-order valence-electron chi connectivity index (χ0n) is 9.45. The van der Waals surface area contributed by atoms with Gasteiger partial charge in [-0.3, -0.25) is 0 Å². The Morgan fingerprint density at radius 2 is 2.27 bits per heavy atom. The number of hydrogen-bond donors (Lipinski definition) is 1. The molecule has 1 heterocycles. The highest BCUT2D eigenvalue weighted by atomic mass is 32.1. The van der Waals surface area contributed by atoms with Crippen LogP contribution in [-0.2, 0) is 11.2 Å². The van der Waals surface area contributed by atoms with E-state index in [0.717, 1.165) is 49.8 Å². The van der Waals surface area contributed by atoms with E-state index < -0.39 is 0 Å². The summed E-state index contributed by atoms with van der Waals surface area (Å²) >= 11 is 1.45. The average Bonchev–Trinajstić information content (AvgIpc) is 2.66. The summed E-state index contributed by atoms with van der Waals surface area (Å²) in [4.78, 5) is 4.38. The Kier molecular flexibility index (Phi) is 6.27. The van der Waals surface area contributed by atoms with Crippen molar-refractivity contribution in [1.82, 2.24) is 9.36 Å². The van der Waals surface area contributed by atoms with E-state index in [1.807, 2.05) is 0 Å². The van der Waals surface area contributed by atoms with Gasteiger partial charge in [-0.25, -0.2) is 4.98 Å². The van der Waals surface area contributed by atoms with Crippen molar-refractivity contribution >= 4 is 16.7 Å². The lowest BCUT2D eigenvalue weighted by Gasteiger charge is -2.00.